The number of nitrogens with zero attached hydrogens (tertiary/aromatic N) is 1. The van der Waals surface area contributed by atoms with Gasteiger partial charge in [0.25, 0.3) is 5.91 Å². The van der Waals surface area contributed by atoms with Gasteiger partial charge in [0.2, 0.25) is 0 Å². The van der Waals surface area contributed by atoms with E-state index < -0.39 is 0 Å². The molecule has 1 atom stereocenters. The average Bonchev–Trinajstić information content (AvgIpc) is 3.09. The summed E-state index contributed by atoms with van der Waals surface area (Å²) >= 11 is 0. The maximum Gasteiger partial charge on any atom is 0.251 e. The van der Waals surface area contributed by atoms with Crippen molar-refractivity contribution in [1.29, 1.82) is 0 Å². The summed E-state index contributed by atoms with van der Waals surface area (Å²) in [7, 11) is 1.62. The lowest BCUT2D eigenvalue weighted by molar-refractivity contribution is 0.0948. The molecule has 0 aromatic heterocycles. The molecule has 1 unspecified atom stereocenters. The Morgan fingerprint density at radius 2 is 1.88 bits per heavy atom. The number of benzene rings is 2. The first-order valence-electron chi connectivity index (χ1n) is 8.39. The molecular weight excluding hydrogens is 300 g/mol. The van der Waals surface area contributed by atoms with E-state index in [0.717, 1.165) is 25.3 Å². The van der Waals surface area contributed by atoms with E-state index in [1.165, 1.54) is 11.3 Å². The molecule has 0 saturated carbocycles. The van der Waals surface area contributed by atoms with Gasteiger partial charge in [-0.15, -0.1) is 0 Å². The molecule has 4 nitrogen and oxygen atoms in total. The fourth-order valence-corrected chi connectivity index (χ4v) is 3.07. The summed E-state index contributed by atoms with van der Waals surface area (Å²) < 4.78 is 5.11. The lowest BCUT2D eigenvalue weighted by Crippen LogP contribution is -2.31. The molecular formula is C20H24N2O2. The van der Waals surface area contributed by atoms with E-state index in [4.69, 9.17) is 4.74 Å². The number of amides is 1. The Bertz CT molecular complexity index is 680. The number of hydrogen-bond donors (Lipinski definition) is 1. The van der Waals surface area contributed by atoms with Crippen LogP contribution in [0.25, 0.3) is 0 Å². The van der Waals surface area contributed by atoms with Gasteiger partial charge in [-0.2, -0.15) is 0 Å². The van der Waals surface area contributed by atoms with Crippen LogP contribution in [0.2, 0.25) is 0 Å². The van der Waals surface area contributed by atoms with E-state index in [0.29, 0.717) is 18.0 Å². The molecule has 1 N–H and O–H groups in total. The molecule has 1 saturated heterocycles. The number of rotatable bonds is 5. The number of hydrogen-bond acceptors (Lipinski definition) is 3. The van der Waals surface area contributed by atoms with Crippen LogP contribution in [0.3, 0.4) is 0 Å². The number of anilines is 1. The SMILES string of the molecule is COc1ccc(C(=O)NCC2CCN(c3ccc(C)cc3)C2)cc1. The zero-order chi connectivity index (χ0) is 16.9. The van der Waals surface area contributed by atoms with Crippen molar-refractivity contribution in [1.82, 2.24) is 5.32 Å². The van der Waals surface area contributed by atoms with Crippen LogP contribution in [0.1, 0.15) is 22.3 Å². The van der Waals surface area contributed by atoms with E-state index in [-0.39, 0.29) is 5.91 Å². The molecule has 0 bridgehead atoms. The third-order valence-electron chi connectivity index (χ3n) is 4.59. The van der Waals surface area contributed by atoms with Crippen LogP contribution in [-0.4, -0.2) is 32.7 Å². The van der Waals surface area contributed by atoms with Crippen molar-refractivity contribution in [2.75, 3.05) is 31.6 Å². The molecule has 24 heavy (non-hydrogen) atoms. The van der Waals surface area contributed by atoms with E-state index >= 15 is 0 Å². The molecule has 0 radical (unpaired) electrons. The molecule has 126 valence electrons. The Labute approximate surface area is 143 Å². The summed E-state index contributed by atoms with van der Waals surface area (Å²) in [5.74, 6) is 1.23. The second-order valence-corrected chi connectivity index (χ2v) is 6.37. The third-order valence-corrected chi connectivity index (χ3v) is 4.59. The van der Waals surface area contributed by atoms with Gasteiger partial charge in [0.1, 0.15) is 5.75 Å². The summed E-state index contributed by atoms with van der Waals surface area (Å²) in [5, 5.41) is 3.05. The highest BCUT2D eigenvalue weighted by molar-refractivity contribution is 5.94. The summed E-state index contributed by atoms with van der Waals surface area (Å²) in [6.45, 7) is 4.86. The van der Waals surface area contributed by atoms with Crippen molar-refractivity contribution in [3.63, 3.8) is 0 Å². The molecule has 0 spiro atoms. The number of ether oxygens (including phenoxy) is 1. The minimum atomic E-state index is -0.0218. The molecule has 2 aromatic rings. The lowest BCUT2D eigenvalue weighted by Gasteiger charge is -2.19. The fraction of sp³-hybridized carbons (Fsp3) is 0.350. The van der Waals surface area contributed by atoms with Crippen LogP contribution in [0.5, 0.6) is 5.75 Å². The molecule has 1 aliphatic rings. The van der Waals surface area contributed by atoms with Gasteiger partial charge in [0.05, 0.1) is 7.11 Å². The van der Waals surface area contributed by atoms with Crippen molar-refractivity contribution in [2.45, 2.75) is 13.3 Å². The van der Waals surface area contributed by atoms with Gasteiger partial charge < -0.3 is 15.0 Å². The molecule has 1 amide bonds. The average molecular weight is 324 g/mol. The maximum atomic E-state index is 12.2. The first-order valence-corrected chi connectivity index (χ1v) is 8.39. The summed E-state index contributed by atoms with van der Waals surface area (Å²) in [5.41, 5.74) is 3.22. The topological polar surface area (TPSA) is 41.6 Å². The maximum absolute atomic E-state index is 12.2. The van der Waals surface area contributed by atoms with E-state index in [2.05, 4.69) is 41.4 Å². The number of aryl methyl sites for hydroxylation is 1. The second kappa shape index (κ2) is 7.39. The quantitative estimate of drug-likeness (QED) is 0.918. The van der Waals surface area contributed by atoms with E-state index in [9.17, 15) is 4.79 Å². The van der Waals surface area contributed by atoms with Crippen molar-refractivity contribution in [3.8, 4) is 5.75 Å². The molecule has 1 fully saturated rings. The monoisotopic (exact) mass is 324 g/mol. The molecule has 3 rings (SSSR count). The van der Waals surface area contributed by atoms with Gasteiger partial charge in [-0.3, -0.25) is 4.79 Å². The zero-order valence-corrected chi connectivity index (χ0v) is 14.3. The van der Waals surface area contributed by atoms with Gasteiger partial charge in [-0.25, -0.2) is 0 Å². The summed E-state index contributed by atoms with van der Waals surface area (Å²) in [4.78, 5) is 14.6. The van der Waals surface area contributed by atoms with Crippen molar-refractivity contribution >= 4 is 11.6 Å². The molecule has 2 aromatic carbocycles. The highest BCUT2D eigenvalue weighted by atomic mass is 16.5. The smallest absolute Gasteiger partial charge is 0.251 e. The van der Waals surface area contributed by atoms with Crippen LogP contribution >= 0.6 is 0 Å². The highest BCUT2D eigenvalue weighted by Crippen LogP contribution is 2.23. The Balaban J connectivity index is 1.50. The third kappa shape index (κ3) is 3.88. The minimum Gasteiger partial charge on any atom is -0.497 e. The largest absolute Gasteiger partial charge is 0.497 e. The van der Waals surface area contributed by atoms with Crippen molar-refractivity contribution < 1.29 is 9.53 Å². The standard InChI is InChI=1S/C20H24N2O2/c1-15-3-7-18(8-4-15)22-12-11-16(14-22)13-21-20(23)17-5-9-19(24-2)10-6-17/h3-10,16H,11-14H2,1-2H3,(H,21,23). The second-order valence-electron chi connectivity index (χ2n) is 6.37. The van der Waals surface area contributed by atoms with Crippen LogP contribution in [0.4, 0.5) is 5.69 Å². The Morgan fingerprint density at radius 1 is 1.17 bits per heavy atom. The molecule has 4 heteroatoms. The Morgan fingerprint density at radius 3 is 2.54 bits per heavy atom. The lowest BCUT2D eigenvalue weighted by atomic mass is 10.1. The minimum absolute atomic E-state index is 0.0218. The summed E-state index contributed by atoms with van der Waals surface area (Å²) in [6.07, 6.45) is 1.11. The van der Waals surface area contributed by atoms with Crippen LogP contribution in [0.15, 0.2) is 48.5 Å². The van der Waals surface area contributed by atoms with Gasteiger partial charge in [-0.05, 0) is 55.7 Å². The molecule has 0 aliphatic carbocycles. The summed E-state index contributed by atoms with van der Waals surface area (Å²) in [6, 6.07) is 15.8. The molecule has 1 heterocycles. The van der Waals surface area contributed by atoms with Gasteiger partial charge in [-0.1, -0.05) is 17.7 Å². The predicted octanol–water partition coefficient (Wildman–Crippen LogP) is 3.26. The van der Waals surface area contributed by atoms with Crippen molar-refractivity contribution in [3.05, 3.63) is 59.7 Å². The number of carbonyl (C=O) groups excluding carboxylic acids is 1. The normalized spacial score (nSPS) is 16.9. The predicted molar refractivity (Wildman–Crippen MR) is 96.8 cm³/mol. The zero-order valence-electron chi connectivity index (χ0n) is 14.3. The van der Waals surface area contributed by atoms with Crippen LogP contribution in [-0.2, 0) is 0 Å². The fourth-order valence-electron chi connectivity index (χ4n) is 3.07. The Hall–Kier alpha value is -2.49. The number of methoxy groups -OCH3 is 1. The van der Waals surface area contributed by atoms with Gasteiger partial charge in [0, 0.05) is 30.9 Å². The Kier molecular flexibility index (Phi) is 5.04. The van der Waals surface area contributed by atoms with Crippen LogP contribution < -0.4 is 15.0 Å². The first-order chi connectivity index (χ1) is 11.7. The molecule has 1 aliphatic heterocycles. The van der Waals surface area contributed by atoms with E-state index in [1.54, 1.807) is 19.2 Å². The van der Waals surface area contributed by atoms with Gasteiger partial charge >= 0.3 is 0 Å². The van der Waals surface area contributed by atoms with E-state index in [1.807, 2.05) is 12.1 Å². The van der Waals surface area contributed by atoms with Gasteiger partial charge in [0.15, 0.2) is 0 Å². The number of carbonyl (C=O) groups is 1. The highest BCUT2D eigenvalue weighted by Gasteiger charge is 2.23. The number of nitrogens with one attached hydrogen (secondary N) is 1. The van der Waals surface area contributed by atoms with Crippen LogP contribution in [0, 0.1) is 12.8 Å². The van der Waals surface area contributed by atoms with Crippen molar-refractivity contribution in [2.24, 2.45) is 5.92 Å². The first kappa shape index (κ1) is 16.4.